The van der Waals surface area contributed by atoms with Gasteiger partial charge in [-0.25, -0.2) is 4.79 Å². The minimum Gasteiger partial charge on any atom is -0.453 e. The Morgan fingerprint density at radius 3 is 2.61 bits per heavy atom. The first-order chi connectivity index (χ1) is 8.35. The van der Waals surface area contributed by atoms with Crippen molar-refractivity contribution in [3.05, 3.63) is 10.1 Å². The largest absolute Gasteiger partial charge is 0.453 e. The van der Waals surface area contributed by atoms with Crippen molar-refractivity contribution in [1.29, 1.82) is 0 Å². The fourth-order valence-corrected chi connectivity index (χ4v) is 2.12. The lowest BCUT2D eigenvalue weighted by molar-refractivity contribution is -0.584. The predicted molar refractivity (Wildman–Crippen MR) is 60.7 cm³/mol. The summed E-state index contributed by atoms with van der Waals surface area (Å²) in [6, 6.07) is -0.786. The van der Waals surface area contributed by atoms with E-state index in [1.807, 2.05) is 0 Å². The number of nitrogens with zero attached hydrogens (tertiary/aromatic N) is 1. The van der Waals surface area contributed by atoms with Crippen molar-refractivity contribution in [2.75, 3.05) is 14.2 Å². The van der Waals surface area contributed by atoms with Crippen LogP contribution >= 0.6 is 0 Å². The van der Waals surface area contributed by atoms with Gasteiger partial charge in [0.1, 0.15) is 6.04 Å². The molecule has 1 aliphatic rings. The number of rotatable bonds is 3. The van der Waals surface area contributed by atoms with Crippen LogP contribution in [0.3, 0.4) is 0 Å². The Hall–Kier alpha value is -1.41. The lowest BCUT2D eigenvalue weighted by Crippen LogP contribution is -2.65. The molecule has 0 saturated carbocycles. The summed E-state index contributed by atoms with van der Waals surface area (Å²) in [5.74, 6) is 0. The molecular formula is C10H18N2O6. The van der Waals surface area contributed by atoms with Crippen LogP contribution in [0, 0.1) is 10.1 Å². The van der Waals surface area contributed by atoms with Gasteiger partial charge in [-0.05, 0) is 6.92 Å². The molecule has 1 unspecified atom stereocenters. The van der Waals surface area contributed by atoms with Crippen LogP contribution in [0.25, 0.3) is 0 Å². The highest BCUT2D eigenvalue weighted by Gasteiger charge is 2.55. The molecule has 8 nitrogen and oxygen atoms in total. The van der Waals surface area contributed by atoms with E-state index < -0.39 is 35.0 Å². The Kier molecular flexibility index (Phi) is 4.47. The molecule has 1 N–H and O–H groups in total. The van der Waals surface area contributed by atoms with Crippen molar-refractivity contribution in [3.63, 3.8) is 0 Å². The van der Waals surface area contributed by atoms with E-state index in [4.69, 9.17) is 9.47 Å². The molecule has 104 valence electrons. The van der Waals surface area contributed by atoms with Gasteiger partial charge in [-0.15, -0.1) is 0 Å². The van der Waals surface area contributed by atoms with E-state index in [0.717, 1.165) is 0 Å². The summed E-state index contributed by atoms with van der Waals surface area (Å²) in [7, 11) is 2.62. The first kappa shape index (κ1) is 14.7. The molecule has 4 atom stereocenters. The van der Waals surface area contributed by atoms with Crippen LogP contribution < -0.4 is 5.32 Å². The highest BCUT2D eigenvalue weighted by Crippen LogP contribution is 2.32. The van der Waals surface area contributed by atoms with Gasteiger partial charge in [-0.2, -0.15) is 0 Å². The maximum absolute atomic E-state index is 11.3. The Labute approximate surface area is 105 Å². The number of carbonyl (C=O) groups is 1. The number of alkyl carbamates (subject to hydrolysis) is 1. The van der Waals surface area contributed by atoms with Gasteiger partial charge in [0, 0.05) is 19.0 Å². The molecule has 0 aliphatic carbocycles. The van der Waals surface area contributed by atoms with Gasteiger partial charge in [0.15, 0.2) is 6.29 Å². The number of carbonyl (C=O) groups excluding carboxylic acids is 1. The zero-order valence-electron chi connectivity index (χ0n) is 10.8. The van der Waals surface area contributed by atoms with Gasteiger partial charge in [0.05, 0.1) is 19.6 Å². The van der Waals surface area contributed by atoms with E-state index in [1.165, 1.54) is 21.1 Å². The third-order valence-electron chi connectivity index (χ3n) is 3.22. The number of amides is 1. The second-order valence-electron chi connectivity index (χ2n) is 4.44. The van der Waals surface area contributed by atoms with Crippen LogP contribution in [0.4, 0.5) is 4.79 Å². The molecular weight excluding hydrogens is 244 g/mol. The Bertz CT molecular complexity index is 336. The number of nitrogens with one attached hydrogen (secondary N) is 1. The summed E-state index contributed by atoms with van der Waals surface area (Å²) >= 11 is 0. The van der Waals surface area contributed by atoms with Crippen LogP contribution in [-0.4, -0.2) is 49.2 Å². The Balaban J connectivity index is 2.96. The Morgan fingerprint density at radius 1 is 1.56 bits per heavy atom. The topological polar surface area (TPSA) is 99.9 Å². The summed E-state index contributed by atoms with van der Waals surface area (Å²) < 4.78 is 14.9. The van der Waals surface area contributed by atoms with Gasteiger partial charge >= 0.3 is 6.09 Å². The van der Waals surface area contributed by atoms with Crippen LogP contribution in [0.2, 0.25) is 0 Å². The molecule has 0 spiro atoms. The SMILES string of the molecule is COC(=O)N[C@H]1[C@@H](C)OC(OC)C[C@]1(C)[N+](=O)[O-]. The summed E-state index contributed by atoms with van der Waals surface area (Å²) in [6.45, 7) is 3.10. The smallest absolute Gasteiger partial charge is 0.407 e. The van der Waals surface area contributed by atoms with Crippen LogP contribution in [-0.2, 0) is 14.2 Å². The Morgan fingerprint density at radius 2 is 2.17 bits per heavy atom. The first-order valence-electron chi connectivity index (χ1n) is 5.52. The average Bonchev–Trinajstić information content (AvgIpc) is 2.32. The number of nitro groups is 1. The minimum atomic E-state index is -1.37. The highest BCUT2D eigenvalue weighted by molar-refractivity contribution is 5.67. The van der Waals surface area contributed by atoms with Gasteiger partial charge in [-0.3, -0.25) is 10.1 Å². The summed E-state index contributed by atoms with van der Waals surface area (Å²) in [5.41, 5.74) is -1.37. The maximum Gasteiger partial charge on any atom is 0.407 e. The third kappa shape index (κ3) is 2.70. The van der Waals surface area contributed by atoms with E-state index in [-0.39, 0.29) is 6.42 Å². The van der Waals surface area contributed by atoms with E-state index in [0.29, 0.717) is 0 Å². The van der Waals surface area contributed by atoms with Crippen molar-refractivity contribution >= 4 is 6.09 Å². The number of hydrogen-bond donors (Lipinski definition) is 1. The predicted octanol–water partition coefficient (Wildman–Crippen LogP) is 0.528. The van der Waals surface area contributed by atoms with Crippen LogP contribution in [0.1, 0.15) is 20.3 Å². The first-order valence-corrected chi connectivity index (χ1v) is 5.52. The molecule has 1 rings (SSSR count). The van der Waals surface area contributed by atoms with Gasteiger partial charge in [0.2, 0.25) is 5.54 Å². The van der Waals surface area contributed by atoms with Crippen molar-refractivity contribution in [2.45, 2.75) is 44.2 Å². The molecule has 0 aromatic carbocycles. The average molecular weight is 262 g/mol. The monoisotopic (exact) mass is 262 g/mol. The van der Waals surface area contributed by atoms with Gasteiger partial charge in [0.25, 0.3) is 0 Å². The number of methoxy groups -OCH3 is 2. The summed E-state index contributed by atoms with van der Waals surface area (Å²) in [5, 5.41) is 13.7. The zero-order chi connectivity index (χ0) is 13.9. The van der Waals surface area contributed by atoms with Gasteiger partial charge in [-0.1, -0.05) is 0 Å². The van der Waals surface area contributed by atoms with E-state index in [2.05, 4.69) is 10.1 Å². The maximum atomic E-state index is 11.3. The lowest BCUT2D eigenvalue weighted by Gasteiger charge is -2.41. The molecule has 1 fully saturated rings. The zero-order valence-corrected chi connectivity index (χ0v) is 10.8. The number of ether oxygens (including phenoxy) is 3. The molecule has 0 aromatic heterocycles. The second-order valence-corrected chi connectivity index (χ2v) is 4.44. The molecule has 1 saturated heterocycles. The summed E-state index contributed by atoms with van der Waals surface area (Å²) in [6.07, 6.45) is -1.89. The van der Waals surface area contributed by atoms with Crippen molar-refractivity contribution in [2.24, 2.45) is 0 Å². The molecule has 1 heterocycles. The molecule has 0 bridgehead atoms. The molecule has 0 radical (unpaired) electrons. The van der Waals surface area contributed by atoms with E-state index in [1.54, 1.807) is 6.92 Å². The fourth-order valence-electron chi connectivity index (χ4n) is 2.12. The van der Waals surface area contributed by atoms with Crippen LogP contribution in [0.15, 0.2) is 0 Å². The fraction of sp³-hybridized carbons (Fsp3) is 0.900. The third-order valence-corrected chi connectivity index (χ3v) is 3.22. The molecule has 1 amide bonds. The normalized spacial score (nSPS) is 35.9. The molecule has 8 heteroatoms. The van der Waals surface area contributed by atoms with E-state index >= 15 is 0 Å². The lowest BCUT2D eigenvalue weighted by atomic mass is 9.83. The number of hydrogen-bond acceptors (Lipinski definition) is 6. The minimum absolute atomic E-state index is 0.0511. The van der Waals surface area contributed by atoms with Gasteiger partial charge < -0.3 is 19.5 Å². The second kappa shape index (κ2) is 5.49. The van der Waals surface area contributed by atoms with Crippen molar-refractivity contribution in [1.82, 2.24) is 5.32 Å². The molecule has 0 aromatic rings. The standard InChI is InChI=1S/C10H18N2O6/c1-6-8(11-9(13)17-4)10(2,12(14)15)5-7(16-3)18-6/h6-8H,5H2,1-4H3,(H,11,13)/t6-,7?,8+,10+/m1/s1. The molecule has 18 heavy (non-hydrogen) atoms. The summed E-state index contributed by atoms with van der Waals surface area (Å²) in [4.78, 5) is 22.1. The highest BCUT2D eigenvalue weighted by atomic mass is 16.7. The van der Waals surface area contributed by atoms with E-state index in [9.17, 15) is 14.9 Å². The quantitative estimate of drug-likeness (QED) is 0.588. The van der Waals surface area contributed by atoms with Crippen molar-refractivity contribution < 1.29 is 23.9 Å². The van der Waals surface area contributed by atoms with Crippen molar-refractivity contribution in [3.8, 4) is 0 Å². The molecule has 1 aliphatic heterocycles. The van der Waals surface area contributed by atoms with Crippen LogP contribution in [0.5, 0.6) is 0 Å².